The zero-order chi connectivity index (χ0) is 15.1. The molecule has 0 fully saturated rings. The van der Waals surface area contributed by atoms with Gasteiger partial charge >= 0.3 is 0 Å². The smallest absolute Gasteiger partial charge is 0.0289 e. The summed E-state index contributed by atoms with van der Waals surface area (Å²) in [5, 5.41) is 9.84. The van der Waals surface area contributed by atoms with Crippen LogP contribution in [-0.4, -0.2) is 0 Å². The van der Waals surface area contributed by atoms with Crippen LogP contribution in [0.5, 0.6) is 0 Å². The molecule has 0 amide bonds. The maximum Gasteiger partial charge on any atom is 0.0289 e. The predicted octanol–water partition coefficient (Wildman–Crippen LogP) is 6.94. The molecule has 0 atom stereocenters. The van der Waals surface area contributed by atoms with E-state index in [0.29, 0.717) is 0 Å². The van der Waals surface area contributed by atoms with Crippen molar-refractivity contribution in [3.8, 4) is 0 Å². The molecule has 0 saturated carbocycles. The zero-order valence-electron chi connectivity index (χ0n) is 11.9. The van der Waals surface area contributed by atoms with E-state index in [1.165, 1.54) is 43.4 Å². The van der Waals surface area contributed by atoms with Crippen LogP contribution >= 0.6 is 31.9 Å². The van der Waals surface area contributed by atoms with Crippen LogP contribution in [0, 0.1) is 0 Å². The molecular formula is C20H14Br2. The van der Waals surface area contributed by atoms with Gasteiger partial charge in [-0.05, 0) is 43.4 Å². The van der Waals surface area contributed by atoms with Gasteiger partial charge in [-0.25, -0.2) is 0 Å². The van der Waals surface area contributed by atoms with Crippen molar-refractivity contribution in [2.75, 3.05) is 0 Å². The van der Waals surface area contributed by atoms with Gasteiger partial charge in [-0.3, -0.25) is 0 Å². The standard InChI is InChI=1S/C20H14Br2/c21-11-13-9-10-14(12-22)20-18-8-4-2-6-16(18)15-5-1-3-7-17(15)19(13)20/h1-10H,11-12H2. The van der Waals surface area contributed by atoms with Gasteiger partial charge in [0, 0.05) is 10.7 Å². The fourth-order valence-electron chi connectivity index (χ4n) is 3.40. The lowest BCUT2D eigenvalue weighted by Crippen LogP contribution is -1.91. The van der Waals surface area contributed by atoms with Crippen LogP contribution in [0.2, 0.25) is 0 Å². The zero-order valence-corrected chi connectivity index (χ0v) is 15.1. The molecule has 4 aromatic carbocycles. The van der Waals surface area contributed by atoms with Crippen molar-refractivity contribution >= 4 is 64.2 Å². The minimum atomic E-state index is 0.869. The molecule has 4 rings (SSSR count). The van der Waals surface area contributed by atoms with Crippen molar-refractivity contribution in [3.05, 3.63) is 71.8 Å². The average molecular weight is 414 g/mol. The molecule has 0 nitrogen and oxygen atoms in total. The molecule has 0 aliphatic heterocycles. The van der Waals surface area contributed by atoms with Crippen LogP contribution in [0.4, 0.5) is 0 Å². The van der Waals surface area contributed by atoms with Crippen LogP contribution < -0.4 is 0 Å². The van der Waals surface area contributed by atoms with E-state index in [9.17, 15) is 0 Å². The Morgan fingerprint density at radius 2 is 0.864 bits per heavy atom. The third-order valence-corrected chi connectivity index (χ3v) is 5.56. The van der Waals surface area contributed by atoms with Crippen molar-refractivity contribution in [2.45, 2.75) is 10.7 Å². The first-order valence-electron chi connectivity index (χ1n) is 7.31. The molecule has 0 heterocycles. The number of alkyl halides is 2. The van der Waals surface area contributed by atoms with Gasteiger partial charge in [0.15, 0.2) is 0 Å². The fourth-order valence-corrected chi connectivity index (χ4v) is 4.33. The molecule has 0 saturated heterocycles. The largest absolute Gasteiger partial charge is 0.0876 e. The molecular weight excluding hydrogens is 400 g/mol. The summed E-state index contributed by atoms with van der Waals surface area (Å²) in [7, 11) is 0. The maximum absolute atomic E-state index is 3.66. The van der Waals surface area contributed by atoms with Gasteiger partial charge in [0.1, 0.15) is 0 Å². The summed E-state index contributed by atoms with van der Waals surface area (Å²) in [5.41, 5.74) is 2.70. The lowest BCUT2D eigenvalue weighted by atomic mass is 9.90. The summed E-state index contributed by atoms with van der Waals surface area (Å²) < 4.78 is 0. The van der Waals surface area contributed by atoms with Crippen LogP contribution in [0.1, 0.15) is 11.1 Å². The Morgan fingerprint density at radius 1 is 0.500 bits per heavy atom. The van der Waals surface area contributed by atoms with Gasteiger partial charge in [-0.1, -0.05) is 92.5 Å². The van der Waals surface area contributed by atoms with Gasteiger partial charge in [0.25, 0.3) is 0 Å². The molecule has 0 bridgehead atoms. The van der Waals surface area contributed by atoms with Crippen LogP contribution in [-0.2, 0) is 10.7 Å². The number of halogens is 2. The monoisotopic (exact) mass is 412 g/mol. The van der Waals surface area contributed by atoms with E-state index in [2.05, 4.69) is 92.5 Å². The highest BCUT2D eigenvalue weighted by Crippen LogP contribution is 2.39. The Bertz CT molecular complexity index is 920. The van der Waals surface area contributed by atoms with E-state index in [1.54, 1.807) is 0 Å². The van der Waals surface area contributed by atoms with Crippen LogP contribution in [0.25, 0.3) is 32.3 Å². The number of rotatable bonds is 2. The first kappa shape index (κ1) is 14.2. The van der Waals surface area contributed by atoms with E-state index in [4.69, 9.17) is 0 Å². The Labute approximate surface area is 146 Å². The van der Waals surface area contributed by atoms with E-state index in [-0.39, 0.29) is 0 Å². The van der Waals surface area contributed by atoms with Crippen molar-refractivity contribution in [3.63, 3.8) is 0 Å². The number of hydrogen-bond donors (Lipinski definition) is 0. The van der Waals surface area contributed by atoms with Gasteiger partial charge in [0.05, 0.1) is 0 Å². The van der Waals surface area contributed by atoms with E-state index < -0.39 is 0 Å². The quantitative estimate of drug-likeness (QED) is 0.246. The molecule has 0 aromatic heterocycles. The number of fused-ring (bicyclic) bond motifs is 6. The Balaban J connectivity index is 2.42. The minimum absolute atomic E-state index is 0.869. The fraction of sp³-hybridized carbons (Fsp3) is 0.100. The molecule has 0 spiro atoms. The van der Waals surface area contributed by atoms with Crippen molar-refractivity contribution < 1.29 is 0 Å². The summed E-state index contributed by atoms with van der Waals surface area (Å²) in [6.45, 7) is 0. The molecule has 0 radical (unpaired) electrons. The van der Waals surface area contributed by atoms with Gasteiger partial charge in [-0.2, -0.15) is 0 Å². The van der Waals surface area contributed by atoms with Crippen molar-refractivity contribution in [1.82, 2.24) is 0 Å². The van der Waals surface area contributed by atoms with E-state index in [0.717, 1.165) is 10.7 Å². The molecule has 4 aromatic rings. The normalized spacial score (nSPS) is 11.5. The predicted molar refractivity (Wildman–Crippen MR) is 104 cm³/mol. The third-order valence-electron chi connectivity index (χ3n) is 4.35. The second-order valence-corrected chi connectivity index (χ2v) is 6.61. The number of benzene rings is 4. The summed E-state index contributed by atoms with van der Waals surface area (Å²) >= 11 is 7.33. The molecule has 0 aliphatic rings. The summed E-state index contributed by atoms with van der Waals surface area (Å²) in [6, 6.07) is 22.0. The SMILES string of the molecule is BrCc1ccc(CBr)c2c3ccccc3c3ccccc3c12. The number of hydrogen-bond acceptors (Lipinski definition) is 0. The second kappa shape index (κ2) is 5.68. The third kappa shape index (κ3) is 2.01. The average Bonchev–Trinajstić information content (AvgIpc) is 2.60. The van der Waals surface area contributed by atoms with Gasteiger partial charge < -0.3 is 0 Å². The highest BCUT2D eigenvalue weighted by molar-refractivity contribution is 9.08. The Hall–Kier alpha value is -1.38. The molecule has 22 heavy (non-hydrogen) atoms. The summed E-state index contributed by atoms with van der Waals surface area (Å²) in [5.74, 6) is 0. The maximum atomic E-state index is 3.66. The summed E-state index contributed by atoms with van der Waals surface area (Å²) in [6.07, 6.45) is 0. The van der Waals surface area contributed by atoms with Crippen LogP contribution in [0.15, 0.2) is 60.7 Å². The highest BCUT2D eigenvalue weighted by Gasteiger charge is 2.13. The minimum Gasteiger partial charge on any atom is -0.0876 e. The molecule has 2 heteroatoms. The Kier molecular flexibility index (Phi) is 3.67. The molecule has 108 valence electrons. The molecule has 0 aliphatic carbocycles. The highest BCUT2D eigenvalue weighted by atomic mass is 79.9. The van der Waals surface area contributed by atoms with E-state index >= 15 is 0 Å². The van der Waals surface area contributed by atoms with Crippen molar-refractivity contribution in [1.29, 1.82) is 0 Å². The molecule has 0 unspecified atom stereocenters. The van der Waals surface area contributed by atoms with Crippen LogP contribution in [0.3, 0.4) is 0 Å². The van der Waals surface area contributed by atoms with E-state index in [1.807, 2.05) is 0 Å². The van der Waals surface area contributed by atoms with Gasteiger partial charge in [-0.15, -0.1) is 0 Å². The lowest BCUT2D eigenvalue weighted by Gasteiger charge is -2.15. The summed E-state index contributed by atoms with van der Waals surface area (Å²) in [4.78, 5) is 0. The first-order chi connectivity index (χ1) is 10.8. The van der Waals surface area contributed by atoms with Crippen molar-refractivity contribution in [2.24, 2.45) is 0 Å². The first-order valence-corrected chi connectivity index (χ1v) is 9.55. The topological polar surface area (TPSA) is 0 Å². The van der Waals surface area contributed by atoms with Gasteiger partial charge in [0.2, 0.25) is 0 Å². The lowest BCUT2D eigenvalue weighted by molar-refractivity contribution is 1.44. The Morgan fingerprint density at radius 3 is 1.23 bits per heavy atom. The second-order valence-electron chi connectivity index (χ2n) is 5.49. The molecule has 0 N–H and O–H groups in total.